The number of fused-ring (bicyclic) bond motifs is 1. The number of hydrogen-bond acceptors (Lipinski definition) is 5. The molecule has 0 bridgehead atoms. The molecule has 2 aliphatic rings. The smallest absolute Gasteiger partial charge is 0.411 e. The maximum Gasteiger partial charge on any atom is 0.411 e. The molecule has 0 saturated carbocycles. The Balaban J connectivity index is 1.84. The maximum atomic E-state index is 12.7. The Morgan fingerprint density at radius 2 is 1.89 bits per heavy atom. The number of rotatable bonds is 2. The molecule has 0 radical (unpaired) electrons. The van der Waals surface area contributed by atoms with Gasteiger partial charge < -0.3 is 14.2 Å². The molecular weight excluding hydrogens is 346 g/mol. The van der Waals surface area contributed by atoms with Gasteiger partial charge >= 0.3 is 12.1 Å². The molecule has 1 saturated heterocycles. The minimum atomic E-state index is -0.793. The summed E-state index contributed by atoms with van der Waals surface area (Å²) in [5.41, 5.74) is 1.66. The summed E-state index contributed by atoms with van der Waals surface area (Å²) in [4.78, 5) is 26.6. The van der Waals surface area contributed by atoms with Gasteiger partial charge in [0.25, 0.3) is 0 Å². The van der Waals surface area contributed by atoms with Gasteiger partial charge in [0, 0.05) is 12.5 Å². The lowest BCUT2D eigenvalue weighted by Crippen LogP contribution is -2.48. The first kappa shape index (κ1) is 19.4. The zero-order chi connectivity index (χ0) is 19.6. The number of carbonyl (C=O) groups is 2. The maximum absolute atomic E-state index is 12.7. The van der Waals surface area contributed by atoms with Gasteiger partial charge in [0.2, 0.25) is 0 Å². The van der Waals surface area contributed by atoms with E-state index in [0.717, 1.165) is 17.6 Å². The van der Waals surface area contributed by atoms with Crippen LogP contribution < -0.4 is 0 Å². The van der Waals surface area contributed by atoms with E-state index in [1.165, 1.54) is 12.0 Å². The quantitative estimate of drug-likeness (QED) is 0.745. The third-order valence-electron chi connectivity index (χ3n) is 4.86. The predicted molar refractivity (Wildman–Crippen MR) is 101 cm³/mol. The highest BCUT2D eigenvalue weighted by Crippen LogP contribution is 2.37. The van der Waals surface area contributed by atoms with E-state index in [0.29, 0.717) is 13.2 Å². The minimum Gasteiger partial charge on any atom is -0.467 e. The van der Waals surface area contributed by atoms with Crippen LogP contribution in [-0.4, -0.2) is 55.0 Å². The molecule has 1 amide bonds. The number of ether oxygens (including phenoxy) is 3. The Kier molecular flexibility index (Phi) is 5.56. The molecule has 146 valence electrons. The molecule has 0 unspecified atom stereocenters. The van der Waals surface area contributed by atoms with Gasteiger partial charge in [-0.1, -0.05) is 36.4 Å². The van der Waals surface area contributed by atoms with E-state index in [1.54, 1.807) is 20.8 Å². The number of hydrogen-bond donors (Lipinski definition) is 0. The fourth-order valence-corrected chi connectivity index (χ4v) is 3.72. The van der Waals surface area contributed by atoms with E-state index in [-0.39, 0.29) is 5.92 Å². The van der Waals surface area contributed by atoms with Gasteiger partial charge in [-0.25, -0.2) is 9.59 Å². The first-order valence-corrected chi connectivity index (χ1v) is 9.23. The number of methoxy groups -OCH3 is 1. The number of allylic oxidation sites excluding steroid dienone is 1. The van der Waals surface area contributed by atoms with Crippen molar-refractivity contribution < 1.29 is 23.8 Å². The molecule has 2 heterocycles. The summed E-state index contributed by atoms with van der Waals surface area (Å²) >= 11 is 0. The lowest BCUT2D eigenvalue weighted by atomic mass is 9.91. The van der Waals surface area contributed by atoms with Crippen molar-refractivity contribution in [2.45, 2.75) is 44.9 Å². The highest BCUT2D eigenvalue weighted by Gasteiger charge is 2.51. The first-order valence-electron chi connectivity index (χ1n) is 9.23. The minimum absolute atomic E-state index is 0.00410. The van der Waals surface area contributed by atoms with E-state index >= 15 is 0 Å². The van der Waals surface area contributed by atoms with Crippen molar-refractivity contribution in [3.63, 3.8) is 0 Å². The van der Waals surface area contributed by atoms with Crippen molar-refractivity contribution in [2.75, 3.05) is 20.3 Å². The molecule has 6 nitrogen and oxygen atoms in total. The highest BCUT2D eigenvalue weighted by molar-refractivity contribution is 5.83. The second-order valence-corrected chi connectivity index (χ2v) is 7.96. The van der Waals surface area contributed by atoms with Crippen molar-refractivity contribution in [3.8, 4) is 0 Å². The summed E-state index contributed by atoms with van der Waals surface area (Å²) in [5.74, 6) is -0.480. The molecule has 0 aromatic heterocycles. The Morgan fingerprint density at radius 3 is 2.52 bits per heavy atom. The number of carbonyl (C=O) groups excluding carboxylic acids is 2. The van der Waals surface area contributed by atoms with Gasteiger partial charge in [0.1, 0.15) is 5.60 Å². The third-order valence-corrected chi connectivity index (χ3v) is 4.86. The van der Waals surface area contributed by atoms with Crippen molar-refractivity contribution in [1.82, 2.24) is 4.90 Å². The van der Waals surface area contributed by atoms with Gasteiger partial charge in [-0.2, -0.15) is 0 Å². The topological polar surface area (TPSA) is 65.1 Å². The van der Waals surface area contributed by atoms with Crippen molar-refractivity contribution >= 4 is 17.6 Å². The van der Waals surface area contributed by atoms with Crippen LogP contribution in [0.3, 0.4) is 0 Å². The zero-order valence-corrected chi connectivity index (χ0v) is 16.3. The number of nitrogens with zero attached hydrogens (tertiary/aromatic N) is 1. The van der Waals surface area contributed by atoms with Crippen LogP contribution in [0.2, 0.25) is 0 Å². The van der Waals surface area contributed by atoms with Crippen LogP contribution in [-0.2, 0) is 19.0 Å². The third kappa shape index (κ3) is 4.33. The Labute approximate surface area is 160 Å². The van der Waals surface area contributed by atoms with Crippen LogP contribution in [0.1, 0.15) is 32.8 Å². The Bertz CT molecular complexity index is 722. The van der Waals surface area contributed by atoms with Gasteiger partial charge in [-0.15, -0.1) is 0 Å². The van der Waals surface area contributed by atoms with Gasteiger partial charge in [0.05, 0.1) is 19.8 Å². The molecule has 1 aromatic carbocycles. The monoisotopic (exact) mass is 373 g/mol. The summed E-state index contributed by atoms with van der Waals surface area (Å²) in [6.07, 6.45) is 1.85. The van der Waals surface area contributed by atoms with Gasteiger partial charge in [-0.05, 0) is 38.3 Å². The standard InChI is InChI=1S/C21H27NO5/c1-21(2,3)27-20(24)22-13-16-12-15(14-8-6-5-7-9-14)10-11-26-18(16)17(22)19(23)25-4/h5-10,16-18H,11-13H2,1-4H3/t16-,17-,18+/m0/s1. The number of esters is 1. The number of amides is 1. The molecule has 0 spiro atoms. The second-order valence-electron chi connectivity index (χ2n) is 7.96. The molecule has 0 N–H and O–H groups in total. The van der Waals surface area contributed by atoms with Crippen molar-refractivity contribution in [1.29, 1.82) is 0 Å². The predicted octanol–water partition coefficient (Wildman–Crippen LogP) is 3.27. The fraction of sp³-hybridized carbons (Fsp3) is 0.524. The summed E-state index contributed by atoms with van der Waals surface area (Å²) in [6.45, 7) is 6.20. The molecular formula is C21H27NO5. The summed E-state index contributed by atoms with van der Waals surface area (Å²) in [7, 11) is 1.33. The van der Waals surface area contributed by atoms with Crippen LogP contribution in [0.5, 0.6) is 0 Å². The van der Waals surface area contributed by atoms with E-state index in [9.17, 15) is 9.59 Å². The average Bonchev–Trinajstić information content (AvgIpc) is 2.85. The van der Waals surface area contributed by atoms with Crippen molar-refractivity contribution in [2.24, 2.45) is 5.92 Å². The zero-order valence-electron chi connectivity index (χ0n) is 16.3. The second kappa shape index (κ2) is 7.72. The summed E-state index contributed by atoms with van der Waals surface area (Å²) < 4.78 is 16.5. The Morgan fingerprint density at radius 1 is 1.19 bits per heavy atom. The molecule has 0 aliphatic carbocycles. The molecule has 6 heteroatoms. The lowest BCUT2D eigenvalue weighted by molar-refractivity contribution is -0.150. The van der Waals surface area contributed by atoms with E-state index < -0.39 is 29.8 Å². The average molecular weight is 373 g/mol. The van der Waals surface area contributed by atoms with Gasteiger partial charge in [0.15, 0.2) is 6.04 Å². The first-order chi connectivity index (χ1) is 12.8. The van der Waals surface area contributed by atoms with Gasteiger partial charge in [-0.3, -0.25) is 4.90 Å². The van der Waals surface area contributed by atoms with Crippen LogP contribution in [0.25, 0.3) is 5.57 Å². The highest BCUT2D eigenvalue weighted by atomic mass is 16.6. The summed E-state index contributed by atoms with van der Waals surface area (Å²) in [5, 5.41) is 0. The summed E-state index contributed by atoms with van der Waals surface area (Å²) in [6, 6.07) is 9.30. The van der Waals surface area contributed by atoms with E-state index in [4.69, 9.17) is 14.2 Å². The molecule has 2 aliphatic heterocycles. The van der Waals surface area contributed by atoms with Crippen molar-refractivity contribution in [3.05, 3.63) is 42.0 Å². The largest absolute Gasteiger partial charge is 0.467 e. The van der Waals surface area contributed by atoms with Crippen LogP contribution >= 0.6 is 0 Å². The normalized spacial score (nSPS) is 25.3. The molecule has 3 rings (SSSR count). The number of likely N-dealkylation sites (tertiary alicyclic amines) is 1. The SMILES string of the molecule is COC(=O)[C@@H]1[C@@H]2OCC=C(c3ccccc3)C[C@H]2CN1C(=O)OC(C)(C)C. The molecule has 27 heavy (non-hydrogen) atoms. The Hall–Kier alpha value is -2.34. The number of benzene rings is 1. The molecule has 1 aromatic rings. The fourth-order valence-electron chi connectivity index (χ4n) is 3.72. The van der Waals surface area contributed by atoms with Crippen LogP contribution in [0, 0.1) is 5.92 Å². The van der Waals surface area contributed by atoms with Crippen LogP contribution in [0.4, 0.5) is 4.79 Å². The molecule has 1 fully saturated rings. The van der Waals surface area contributed by atoms with E-state index in [2.05, 4.69) is 18.2 Å². The lowest BCUT2D eigenvalue weighted by Gasteiger charge is -2.28. The van der Waals surface area contributed by atoms with E-state index in [1.807, 2.05) is 18.2 Å². The van der Waals surface area contributed by atoms with Crippen LogP contribution in [0.15, 0.2) is 36.4 Å². The molecule has 3 atom stereocenters.